The molecule has 1 atom stereocenters. The lowest BCUT2D eigenvalue weighted by atomic mass is 9.79. The fourth-order valence-electron chi connectivity index (χ4n) is 2.58. The van der Waals surface area contributed by atoms with Gasteiger partial charge in [-0.15, -0.1) is 12.4 Å². The summed E-state index contributed by atoms with van der Waals surface area (Å²) in [6, 6.07) is 3.33. The summed E-state index contributed by atoms with van der Waals surface area (Å²) in [6.07, 6.45) is 3.79. The molecule has 2 aliphatic rings. The molecule has 0 unspecified atom stereocenters. The topological polar surface area (TPSA) is 41.1 Å². The van der Waals surface area contributed by atoms with Gasteiger partial charge in [0.15, 0.2) is 0 Å². The van der Waals surface area contributed by atoms with Crippen LogP contribution < -0.4 is 10.6 Å². The number of aryl methyl sites for hydroxylation is 1. The quantitative estimate of drug-likeness (QED) is 0.706. The van der Waals surface area contributed by atoms with Crippen LogP contribution in [0.1, 0.15) is 11.1 Å². The van der Waals surface area contributed by atoms with Gasteiger partial charge in [0.25, 0.3) is 0 Å². The van der Waals surface area contributed by atoms with Crippen LogP contribution in [0.15, 0.2) is 24.3 Å². The first-order chi connectivity index (χ1) is 8.13. The van der Waals surface area contributed by atoms with Crippen LogP contribution in [0.2, 0.25) is 0 Å². The molecule has 1 aromatic carbocycles. The van der Waals surface area contributed by atoms with Crippen molar-refractivity contribution in [1.29, 1.82) is 0 Å². The third-order valence-electron chi connectivity index (χ3n) is 3.43. The van der Waals surface area contributed by atoms with Crippen molar-refractivity contribution < 1.29 is 9.18 Å². The summed E-state index contributed by atoms with van der Waals surface area (Å²) in [4.78, 5) is 12.1. The van der Waals surface area contributed by atoms with Crippen LogP contribution in [-0.4, -0.2) is 19.0 Å². The summed E-state index contributed by atoms with van der Waals surface area (Å²) in [5, 5.41) is 5.81. The highest BCUT2D eigenvalue weighted by atomic mass is 35.5. The molecule has 0 saturated carbocycles. The average molecular weight is 269 g/mol. The summed E-state index contributed by atoms with van der Waals surface area (Å²) < 4.78 is 13.8. The second-order valence-electron chi connectivity index (χ2n) is 4.63. The summed E-state index contributed by atoms with van der Waals surface area (Å²) in [5.41, 5.74) is 1.16. The van der Waals surface area contributed by atoms with Gasteiger partial charge in [-0.25, -0.2) is 4.39 Å². The molecule has 0 radical (unpaired) electrons. The van der Waals surface area contributed by atoms with E-state index in [1.165, 1.54) is 6.07 Å². The van der Waals surface area contributed by atoms with Gasteiger partial charge in [-0.2, -0.15) is 0 Å². The van der Waals surface area contributed by atoms with Gasteiger partial charge in [0.2, 0.25) is 5.91 Å². The maximum atomic E-state index is 13.8. The van der Waals surface area contributed by atoms with Crippen LogP contribution in [0.4, 0.5) is 10.1 Å². The number of benzene rings is 1. The lowest BCUT2D eigenvalue weighted by molar-refractivity contribution is -0.119. The average Bonchev–Trinajstić information content (AvgIpc) is 2.56. The minimum Gasteiger partial charge on any atom is -0.322 e. The Morgan fingerprint density at radius 3 is 2.83 bits per heavy atom. The standard InChI is InChI=1S/C13H13FN2O.ClH/c1-8-5-9-11(10(14)6-8)16-12(17)13(9)3-2-4-15-7-13;/h2-3,5-6,15H,4,7H2,1H3,(H,16,17);1H/t13-;/m1./s1. The molecule has 2 N–H and O–H groups in total. The van der Waals surface area contributed by atoms with Gasteiger partial charge in [-0.05, 0) is 24.1 Å². The number of anilines is 1. The van der Waals surface area contributed by atoms with Crippen LogP contribution in [0.3, 0.4) is 0 Å². The van der Waals surface area contributed by atoms with E-state index in [9.17, 15) is 9.18 Å². The summed E-state index contributed by atoms with van der Waals surface area (Å²) in [6.45, 7) is 3.10. The Morgan fingerprint density at radius 1 is 1.39 bits per heavy atom. The number of carbonyl (C=O) groups is 1. The van der Waals surface area contributed by atoms with Crippen molar-refractivity contribution in [3.63, 3.8) is 0 Å². The first kappa shape index (κ1) is 13.1. The number of amides is 1. The lowest BCUT2D eigenvalue weighted by Gasteiger charge is -2.27. The Balaban J connectivity index is 0.00000120. The predicted octanol–water partition coefficient (Wildman–Crippen LogP) is 1.91. The van der Waals surface area contributed by atoms with Gasteiger partial charge in [0, 0.05) is 13.1 Å². The summed E-state index contributed by atoms with van der Waals surface area (Å²) in [7, 11) is 0. The molecule has 0 fully saturated rings. The van der Waals surface area contributed by atoms with Crippen LogP contribution >= 0.6 is 12.4 Å². The molecule has 1 amide bonds. The van der Waals surface area contributed by atoms with Gasteiger partial charge in [-0.1, -0.05) is 18.2 Å². The molecule has 0 aromatic heterocycles. The third-order valence-corrected chi connectivity index (χ3v) is 3.43. The summed E-state index contributed by atoms with van der Waals surface area (Å²) in [5.74, 6) is -0.510. The van der Waals surface area contributed by atoms with E-state index in [1.807, 2.05) is 25.1 Å². The highest BCUT2D eigenvalue weighted by Crippen LogP contribution is 2.41. The predicted molar refractivity (Wildman–Crippen MR) is 70.7 cm³/mol. The first-order valence-corrected chi connectivity index (χ1v) is 5.64. The fourth-order valence-corrected chi connectivity index (χ4v) is 2.58. The normalized spacial score (nSPS) is 24.7. The number of hydrogen-bond acceptors (Lipinski definition) is 2. The van der Waals surface area contributed by atoms with Crippen molar-refractivity contribution in [2.45, 2.75) is 12.3 Å². The van der Waals surface area contributed by atoms with E-state index in [-0.39, 0.29) is 24.1 Å². The molecule has 2 aliphatic heterocycles. The SMILES string of the molecule is Cc1cc(F)c2c(c1)[C@]1(C=CCNC1)C(=O)N2.Cl. The van der Waals surface area contributed by atoms with Crippen molar-refractivity contribution in [3.05, 3.63) is 41.2 Å². The highest BCUT2D eigenvalue weighted by molar-refractivity contribution is 6.08. The molecule has 2 heterocycles. The number of carbonyl (C=O) groups excluding carboxylic acids is 1. The first-order valence-electron chi connectivity index (χ1n) is 5.64. The molecule has 18 heavy (non-hydrogen) atoms. The smallest absolute Gasteiger partial charge is 0.240 e. The zero-order chi connectivity index (χ0) is 12.0. The van der Waals surface area contributed by atoms with Gasteiger partial charge < -0.3 is 10.6 Å². The number of hydrogen-bond donors (Lipinski definition) is 2. The summed E-state index contributed by atoms with van der Waals surface area (Å²) >= 11 is 0. The monoisotopic (exact) mass is 268 g/mol. The van der Waals surface area contributed by atoms with Crippen molar-refractivity contribution in [3.8, 4) is 0 Å². The number of nitrogens with one attached hydrogen (secondary N) is 2. The van der Waals surface area contributed by atoms with Crippen molar-refractivity contribution in [1.82, 2.24) is 5.32 Å². The van der Waals surface area contributed by atoms with E-state index in [1.54, 1.807) is 0 Å². The molecule has 1 spiro atoms. The molecule has 5 heteroatoms. The van der Waals surface area contributed by atoms with Gasteiger partial charge in [-0.3, -0.25) is 4.79 Å². The largest absolute Gasteiger partial charge is 0.322 e. The minimum atomic E-state index is -0.736. The van der Waals surface area contributed by atoms with Gasteiger partial charge >= 0.3 is 0 Å². The van der Waals surface area contributed by atoms with E-state index >= 15 is 0 Å². The molecule has 3 rings (SSSR count). The molecular weight excluding hydrogens is 255 g/mol. The van der Waals surface area contributed by atoms with E-state index in [2.05, 4.69) is 10.6 Å². The van der Waals surface area contributed by atoms with Gasteiger partial charge in [0.1, 0.15) is 11.2 Å². The molecule has 96 valence electrons. The van der Waals surface area contributed by atoms with Crippen LogP contribution in [0.25, 0.3) is 0 Å². The molecule has 1 aromatic rings. The van der Waals surface area contributed by atoms with Crippen molar-refractivity contribution in [2.75, 3.05) is 18.4 Å². The second kappa shape index (κ2) is 4.37. The molecule has 0 bridgehead atoms. The fraction of sp³-hybridized carbons (Fsp3) is 0.308. The van der Waals surface area contributed by atoms with E-state index in [4.69, 9.17) is 0 Å². The zero-order valence-corrected chi connectivity index (χ0v) is 10.7. The van der Waals surface area contributed by atoms with E-state index in [0.717, 1.165) is 17.7 Å². The minimum absolute atomic E-state index is 0. The maximum absolute atomic E-state index is 13.8. The number of halogens is 2. The maximum Gasteiger partial charge on any atom is 0.240 e. The molecule has 0 aliphatic carbocycles. The number of rotatable bonds is 0. The van der Waals surface area contributed by atoms with Crippen LogP contribution in [0.5, 0.6) is 0 Å². The lowest BCUT2D eigenvalue weighted by Crippen LogP contribution is -2.45. The van der Waals surface area contributed by atoms with Crippen molar-refractivity contribution in [2.24, 2.45) is 0 Å². The molecule has 3 nitrogen and oxygen atoms in total. The van der Waals surface area contributed by atoms with E-state index < -0.39 is 5.41 Å². The Hall–Kier alpha value is -1.39. The van der Waals surface area contributed by atoms with Crippen LogP contribution in [0, 0.1) is 12.7 Å². The molecule has 0 saturated heterocycles. The highest BCUT2D eigenvalue weighted by Gasteiger charge is 2.46. The van der Waals surface area contributed by atoms with Crippen LogP contribution in [-0.2, 0) is 10.2 Å². The Labute approximate surface area is 111 Å². The Morgan fingerprint density at radius 2 is 2.17 bits per heavy atom. The molecular formula is C13H14ClFN2O. The van der Waals surface area contributed by atoms with E-state index in [0.29, 0.717) is 12.2 Å². The zero-order valence-electron chi connectivity index (χ0n) is 9.92. The Kier molecular flexibility index (Phi) is 3.17. The third kappa shape index (κ3) is 1.64. The van der Waals surface area contributed by atoms with Crippen molar-refractivity contribution >= 4 is 24.0 Å². The Bertz CT molecular complexity index is 544. The second-order valence-corrected chi connectivity index (χ2v) is 4.63. The van der Waals surface area contributed by atoms with Gasteiger partial charge in [0.05, 0.1) is 5.69 Å². The number of fused-ring (bicyclic) bond motifs is 2.